The average Bonchev–Trinajstić information content (AvgIpc) is 2.30. The molecule has 4 heteroatoms. The summed E-state index contributed by atoms with van der Waals surface area (Å²) < 4.78 is 0. The molecule has 16 heavy (non-hydrogen) atoms. The minimum Gasteiger partial charge on any atom is -0.396 e. The minimum absolute atomic E-state index is 0.246. The minimum atomic E-state index is 0.246. The van der Waals surface area contributed by atoms with Gasteiger partial charge in [-0.2, -0.15) is 0 Å². The Bertz CT molecular complexity index is 209. The number of aliphatic hydroxyl groups excluding tert-OH is 1. The summed E-state index contributed by atoms with van der Waals surface area (Å²) in [6.07, 6.45) is 5.81. The highest BCUT2D eigenvalue weighted by atomic mass is 79.9. The molecule has 1 heterocycles. The number of carbonyl (C=O) groups excluding carboxylic acids is 1. The molecule has 1 aliphatic rings. The van der Waals surface area contributed by atoms with Crippen molar-refractivity contribution in [3.05, 3.63) is 0 Å². The fourth-order valence-electron chi connectivity index (χ4n) is 2.24. The SMILES string of the molecule is O=C(CCCCBr)N1CCCC(CCO)C1. The lowest BCUT2D eigenvalue weighted by Crippen LogP contribution is -2.40. The Morgan fingerprint density at radius 2 is 2.25 bits per heavy atom. The van der Waals surface area contributed by atoms with E-state index in [1.807, 2.05) is 4.90 Å². The van der Waals surface area contributed by atoms with Gasteiger partial charge in [-0.05, 0) is 38.0 Å². The third-order valence-corrected chi connectivity index (χ3v) is 3.74. The maximum absolute atomic E-state index is 11.9. The Hall–Kier alpha value is -0.0900. The van der Waals surface area contributed by atoms with Gasteiger partial charge in [0.1, 0.15) is 0 Å². The lowest BCUT2D eigenvalue weighted by Gasteiger charge is -2.32. The molecule has 0 spiro atoms. The quantitative estimate of drug-likeness (QED) is 0.602. The molecule has 0 aromatic heterocycles. The van der Waals surface area contributed by atoms with Gasteiger partial charge >= 0.3 is 0 Å². The molecule has 1 rings (SSSR count). The Morgan fingerprint density at radius 1 is 1.44 bits per heavy atom. The summed E-state index contributed by atoms with van der Waals surface area (Å²) in [4.78, 5) is 13.9. The predicted octanol–water partition coefficient (Wildman–Crippen LogP) is 2.17. The Morgan fingerprint density at radius 3 is 2.94 bits per heavy atom. The molecule has 3 nitrogen and oxygen atoms in total. The van der Waals surface area contributed by atoms with Gasteiger partial charge in [0.2, 0.25) is 5.91 Å². The van der Waals surface area contributed by atoms with Gasteiger partial charge in [-0.15, -0.1) is 0 Å². The highest BCUT2D eigenvalue weighted by Crippen LogP contribution is 2.20. The number of piperidine rings is 1. The number of hydrogen-bond acceptors (Lipinski definition) is 2. The van der Waals surface area contributed by atoms with E-state index in [2.05, 4.69) is 15.9 Å². The van der Waals surface area contributed by atoms with Crippen LogP contribution in [0.3, 0.4) is 0 Å². The highest BCUT2D eigenvalue weighted by molar-refractivity contribution is 9.09. The van der Waals surface area contributed by atoms with Gasteiger partial charge in [0.15, 0.2) is 0 Å². The van der Waals surface area contributed by atoms with Crippen LogP contribution in [0.4, 0.5) is 0 Å². The van der Waals surface area contributed by atoms with Crippen LogP contribution in [-0.2, 0) is 4.79 Å². The van der Waals surface area contributed by atoms with Crippen LogP contribution >= 0.6 is 15.9 Å². The van der Waals surface area contributed by atoms with Crippen LogP contribution in [0, 0.1) is 5.92 Å². The van der Waals surface area contributed by atoms with E-state index in [0.29, 0.717) is 18.2 Å². The fourth-order valence-corrected chi connectivity index (χ4v) is 2.64. The molecule has 0 bridgehead atoms. The van der Waals surface area contributed by atoms with E-state index in [1.54, 1.807) is 0 Å². The summed E-state index contributed by atoms with van der Waals surface area (Å²) in [5.41, 5.74) is 0. The molecular formula is C12H22BrNO2. The van der Waals surface area contributed by atoms with Crippen LogP contribution in [-0.4, -0.2) is 40.9 Å². The zero-order valence-corrected chi connectivity index (χ0v) is 11.4. The second-order valence-electron chi connectivity index (χ2n) is 4.51. The third kappa shape index (κ3) is 4.83. The Balaban J connectivity index is 2.26. The van der Waals surface area contributed by atoms with Crippen molar-refractivity contribution >= 4 is 21.8 Å². The van der Waals surface area contributed by atoms with Crippen molar-refractivity contribution in [2.75, 3.05) is 25.0 Å². The molecule has 1 saturated heterocycles. The van der Waals surface area contributed by atoms with E-state index >= 15 is 0 Å². The number of unbranched alkanes of at least 4 members (excludes halogenated alkanes) is 1. The predicted molar refractivity (Wildman–Crippen MR) is 68.7 cm³/mol. The second kappa shape index (κ2) is 8.07. The number of aliphatic hydroxyl groups is 1. The number of nitrogens with zero attached hydrogens (tertiary/aromatic N) is 1. The lowest BCUT2D eigenvalue weighted by molar-refractivity contribution is -0.133. The van der Waals surface area contributed by atoms with E-state index in [1.165, 1.54) is 0 Å². The number of hydrogen-bond donors (Lipinski definition) is 1. The van der Waals surface area contributed by atoms with Crippen LogP contribution in [0.2, 0.25) is 0 Å². The van der Waals surface area contributed by atoms with Crippen LogP contribution in [0.1, 0.15) is 38.5 Å². The summed E-state index contributed by atoms with van der Waals surface area (Å²) in [5.74, 6) is 0.808. The van der Waals surface area contributed by atoms with Gasteiger partial charge in [-0.3, -0.25) is 4.79 Å². The first-order valence-electron chi connectivity index (χ1n) is 6.22. The van der Waals surface area contributed by atoms with Crippen molar-refractivity contribution in [2.24, 2.45) is 5.92 Å². The number of alkyl halides is 1. The van der Waals surface area contributed by atoms with Gasteiger partial charge in [0.25, 0.3) is 0 Å². The van der Waals surface area contributed by atoms with Gasteiger partial charge < -0.3 is 10.0 Å². The molecule has 0 aromatic carbocycles. The Labute approximate surface area is 106 Å². The van der Waals surface area contributed by atoms with Crippen LogP contribution in [0.15, 0.2) is 0 Å². The normalized spacial score (nSPS) is 21.1. The number of likely N-dealkylation sites (tertiary alicyclic amines) is 1. The molecule has 1 N–H and O–H groups in total. The number of carbonyl (C=O) groups is 1. The summed E-state index contributed by atoms with van der Waals surface area (Å²) in [6, 6.07) is 0. The molecule has 0 saturated carbocycles. The second-order valence-corrected chi connectivity index (χ2v) is 5.30. The topological polar surface area (TPSA) is 40.5 Å². The summed E-state index contributed by atoms with van der Waals surface area (Å²) in [7, 11) is 0. The van der Waals surface area contributed by atoms with Crippen molar-refractivity contribution in [2.45, 2.75) is 38.5 Å². The molecule has 1 fully saturated rings. The van der Waals surface area contributed by atoms with Gasteiger partial charge in [0, 0.05) is 31.4 Å². The van der Waals surface area contributed by atoms with E-state index in [0.717, 1.165) is 50.5 Å². The number of amides is 1. The van der Waals surface area contributed by atoms with E-state index in [4.69, 9.17) is 5.11 Å². The van der Waals surface area contributed by atoms with Crippen molar-refractivity contribution in [3.8, 4) is 0 Å². The number of halogens is 1. The van der Waals surface area contributed by atoms with Crippen molar-refractivity contribution < 1.29 is 9.90 Å². The zero-order chi connectivity index (χ0) is 11.8. The highest BCUT2D eigenvalue weighted by Gasteiger charge is 2.22. The lowest BCUT2D eigenvalue weighted by atomic mass is 9.95. The molecule has 1 aliphatic heterocycles. The van der Waals surface area contributed by atoms with Crippen molar-refractivity contribution in [3.63, 3.8) is 0 Å². The zero-order valence-electron chi connectivity index (χ0n) is 9.83. The van der Waals surface area contributed by atoms with Gasteiger partial charge in [0.05, 0.1) is 0 Å². The van der Waals surface area contributed by atoms with Crippen LogP contribution in [0.25, 0.3) is 0 Å². The monoisotopic (exact) mass is 291 g/mol. The first-order chi connectivity index (χ1) is 7.77. The summed E-state index contributed by atoms with van der Waals surface area (Å²) in [5, 5.41) is 9.89. The Kier molecular flexibility index (Phi) is 7.05. The van der Waals surface area contributed by atoms with Crippen molar-refractivity contribution in [1.29, 1.82) is 0 Å². The van der Waals surface area contributed by atoms with Crippen molar-refractivity contribution in [1.82, 2.24) is 4.90 Å². The first kappa shape index (κ1) is 14.0. The molecule has 1 atom stereocenters. The summed E-state index contributed by atoms with van der Waals surface area (Å²) >= 11 is 3.37. The largest absolute Gasteiger partial charge is 0.396 e. The molecule has 94 valence electrons. The maximum Gasteiger partial charge on any atom is 0.222 e. The fraction of sp³-hybridized carbons (Fsp3) is 0.917. The standard InChI is InChI=1S/C12H22BrNO2/c13-7-2-1-5-12(16)14-8-3-4-11(10-14)6-9-15/h11,15H,1-10H2. The molecular weight excluding hydrogens is 270 g/mol. The average molecular weight is 292 g/mol. The van der Waals surface area contributed by atoms with E-state index in [9.17, 15) is 4.79 Å². The number of rotatable bonds is 6. The van der Waals surface area contributed by atoms with Crippen LogP contribution in [0.5, 0.6) is 0 Å². The van der Waals surface area contributed by atoms with Gasteiger partial charge in [-0.1, -0.05) is 15.9 Å². The van der Waals surface area contributed by atoms with Crippen LogP contribution < -0.4 is 0 Å². The molecule has 1 unspecified atom stereocenters. The van der Waals surface area contributed by atoms with Gasteiger partial charge in [-0.25, -0.2) is 0 Å². The molecule has 0 radical (unpaired) electrons. The first-order valence-corrected chi connectivity index (χ1v) is 7.34. The molecule has 0 aromatic rings. The third-order valence-electron chi connectivity index (χ3n) is 3.18. The summed E-state index contributed by atoms with van der Waals surface area (Å²) in [6.45, 7) is 2.01. The molecule has 1 amide bonds. The van der Waals surface area contributed by atoms with E-state index < -0.39 is 0 Å². The maximum atomic E-state index is 11.9. The van der Waals surface area contributed by atoms with E-state index in [-0.39, 0.29) is 6.61 Å². The smallest absolute Gasteiger partial charge is 0.222 e. The molecule has 0 aliphatic carbocycles.